The maximum Gasteiger partial charge on any atom is 0.223 e. The van der Waals surface area contributed by atoms with E-state index in [-0.39, 0.29) is 0 Å². The summed E-state index contributed by atoms with van der Waals surface area (Å²) in [5, 5.41) is 4.11. The number of benzene rings is 1. The number of rotatable bonds is 3. The van der Waals surface area contributed by atoms with Gasteiger partial charge in [0.25, 0.3) is 0 Å². The minimum atomic E-state index is 0.620. The topological polar surface area (TPSA) is 37.8 Å². The van der Waals surface area contributed by atoms with E-state index in [1.165, 1.54) is 0 Å². The molecule has 0 unspecified atom stereocenters. The van der Waals surface area contributed by atoms with Crippen molar-refractivity contribution >= 4 is 32.8 Å². The number of hydrogen-bond donors (Lipinski definition) is 1. The third-order valence-electron chi connectivity index (χ3n) is 1.93. The minimum Gasteiger partial charge on any atom is -0.350 e. The number of anilines is 1. The number of fused-ring (bicyclic) bond motifs is 1. The second kappa shape index (κ2) is 4.40. The van der Waals surface area contributed by atoms with Crippen molar-refractivity contribution in [3.63, 3.8) is 0 Å². The van der Waals surface area contributed by atoms with Crippen molar-refractivity contribution in [3.05, 3.63) is 41.5 Å². The van der Waals surface area contributed by atoms with Crippen molar-refractivity contribution in [3.8, 4) is 0 Å². The Morgan fingerprint density at radius 3 is 3.00 bits per heavy atom. The average Bonchev–Trinajstić information content (AvgIpc) is 2.26. The number of para-hydroxylation sites is 1. The maximum atomic E-state index is 4.36. The summed E-state index contributed by atoms with van der Waals surface area (Å²) < 4.78 is 0.874. The molecule has 0 saturated heterocycles. The van der Waals surface area contributed by atoms with Gasteiger partial charge in [0, 0.05) is 22.6 Å². The van der Waals surface area contributed by atoms with Gasteiger partial charge in [0.1, 0.15) is 0 Å². The van der Waals surface area contributed by atoms with Gasteiger partial charge in [-0.15, -0.1) is 0 Å². The fourth-order valence-corrected chi connectivity index (χ4v) is 1.37. The van der Waals surface area contributed by atoms with E-state index >= 15 is 0 Å². The molecule has 2 aromatic rings. The zero-order valence-corrected chi connectivity index (χ0v) is 9.66. The molecule has 1 aromatic carbocycles. The number of nitrogens with zero attached hydrogens (tertiary/aromatic N) is 2. The molecule has 0 saturated carbocycles. The van der Waals surface area contributed by atoms with Crippen LogP contribution in [0.2, 0.25) is 0 Å². The second-order valence-corrected chi connectivity index (χ2v) is 4.24. The highest BCUT2D eigenvalue weighted by atomic mass is 79.9. The van der Waals surface area contributed by atoms with Crippen LogP contribution in [0.1, 0.15) is 0 Å². The molecule has 0 spiro atoms. The molecule has 76 valence electrons. The van der Waals surface area contributed by atoms with E-state index in [0.717, 1.165) is 15.4 Å². The number of nitrogens with one attached hydrogen (secondary N) is 1. The predicted octanol–water partition coefficient (Wildman–Crippen LogP) is 2.95. The molecule has 1 aromatic heterocycles. The smallest absolute Gasteiger partial charge is 0.223 e. The van der Waals surface area contributed by atoms with Crippen LogP contribution in [0, 0.1) is 0 Å². The van der Waals surface area contributed by atoms with Gasteiger partial charge in [0.05, 0.1) is 5.52 Å². The summed E-state index contributed by atoms with van der Waals surface area (Å²) in [6.07, 6.45) is 1.81. The van der Waals surface area contributed by atoms with E-state index < -0.39 is 0 Å². The van der Waals surface area contributed by atoms with Gasteiger partial charge in [-0.05, 0) is 6.07 Å². The van der Waals surface area contributed by atoms with E-state index in [0.29, 0.717) is 12.5 Å². The lowest BCUT2D eigenvalue weighted by atomic mass is 10.2. The molecule has 0 radical (unpaired) electrons. The molecule has 0 amide bonds. The molecule has 0 aliphatic carbocycles. The summed E-state index contributed by atoms with van der Waals surface area (Å²) >= 11 is 3.27. The predicted molar refractivity (Wildman–Crippen MR) is 66.1 cm³/mol. The van der Waals surface area contributed by atoms with Crippen molar-refractivity contribution in [1.29, 1.82) is 0 Å². The van der Waals surface area contributed by atoms with Gasteiger partial charge in [-0.3, -0.25) is 0 Å². The van der Waals surface area contributed by atoms with Crippen LogP contribution in [0.3, 0.4) is 0 Å². The minimum absolute atomic E-state index is 0.620. The van der Waals surface area contributed by atoms with Crippen LogP contribution in [-0.4, -0.2) is 16.5 Å². The quantitative estimate of drug-likeness (QED) is 0.926. The van der Waals surface area contributed by atoms with Crippen LogP contribution in [0.25, 0.3) is 10.9 Å². The highest BCUT2D eigenvalue weighted by molar-refractivity contribution is 9.11. The van der Waals surface area contributed by atoms with Crippen LogP contribution >= 0.6 is 15.9 Å². The van der Waals surface area contributed by atoms with Crippen LogP contribution in [0.4, 0.5) is 5.95 Å². The number of hydrogen-bond acceptors (Lipinski definition) is 3. The first-order valence-electron chi connectivity index (χ1n) is 4.54. The van der Waals surface area contributed by atoms with E-state index in [1.807, 2.05) is 30.5 Å². The van der Waals surface area contributed by atoms with Crippen molar-refractivity contribution in [2.24, 2.45) is 0 Å². The molecule has 3 nitrogen and oxygen atoms in total. The molecule has 2 rings (SSSR count). The number of aromatic nitrogens is 2. The molecule has 0 fully saturated rings. The summed E-state index contributed by atoms with van der Waals surface area (Å²) in [6.45, 7) is 4.35. The normalized spacial score (nSPS) is 10.2. The molecular formula is C11H10BrN3. The molecule has 0 aliphatic heterocycles. The summed E-state index contributed by atoms with van der Waals surface area (Å²) in [5.41, 5.74) is 0.940. The lowest BCUT2D eigenvalue weighted by Gasteiger charge is -2.03. The van der Waals surface area contributed by atoms with Crippen LogP contribution in [0.5, 0.6) is 0 Å². The fraction of sp³-hybridized carbons (Fsp3) is 0.0909. The lowest BCUT2D eigenvalue weighted by Crippen LogP contribution is -2.04. The maximum absolute atomic E-state index is 4.36. The van der Waals surface area contributed by atoms with Gasteiger partial charge < -0.3 is 5.32 Å². The van der Waals surface area contributed by atoms with E-state index in [4.69, 9.17) is 0 Å². The third-order valence-corrected chi connectivity index (χ3v) is 2.21. The first kappa shape index (κ1) is 10.1. The van der Waals surface area contributed by atoms with Crippen LogP contribution < -0.4 is 5.32 Å². The van der Waals surface area contributed by atoms with Crippen molar-refractivity contribution in [1.82, 2.24) is 9.97 Å². The highest BCUT2D eigenvalue weighted by Crippen LogP contribution is 2.12. The van der Waals surface area contributed by atoms with E-state index in [1.54, 1.807) is 0 Å². The summed E-state index contributed by atoms with van der Waals surface area (Å²) in [7, 11) is 0. The van der Waals surface area contributed by atoms with Gasteiger partial charge in [-0.1, -0.05) is 40.7 Å². The van der Waals surface area contributed by atoms with E-state index in [9.17, 15) is 0 Å². The van der Waals surface area contributed by atoms with Crippen LogP contribution in [-0.2, 0) is 0 Å². The largest absolute Gasteiger partial charge is 0.350 e. The zero-order valence-electron chi connectivity index (χ0n) is 8.07. The van der Waals surface area contributed by atoms with Crippen LogP contribution in [0.15, 0.2) is 41.5 Å². The summed E-state index contributed by atoms with van der Waals surface area (Å²) in [6, 6.07) is 7.88. The number of halogens is 1. The molecule has 0 aliphatic rings. The zero-order chi connectivity index (χ0) is 10.7. The summed E-state index contributed by atoms with van der Waals surface area (Å²) in [4.78, 5) is 8.56. The highest BCUT2D eigenvalue weighted by Gasteiger charge is 1.98. The third kappa shape index (κ3) is 2.53. The van der Waals surface area contributed by atoms with Crippen molar-refractivity contribution < 1.29 is 0 Å². The molecule has 1 heterocycles. The Kier molecular flexibility index (Phi) is 2.97. The van der Waals surface area contributed by atoms with E-state index in [2.05, 4.69) is 37.8 Å². The lowest BCUT2D eigenvalue weighted by molar-refractivity contribution is 1.15. The Balaban J connectivity index is 2.26. The molecule has 1 N–H and O–H groups in total. The van der Waals surface area contributed by atoms with Crippen molar-refractivity contribution in [2.75, 3.05) is 11.9 Å². The monoisotopic (exact) mass is 263 g/mol. The Morgan fingerprint density at radius 2 is 2.20 bits per heavy atom. The van der Waals surface area contributed by atoms with Crippen molar-refractivity contribution in [2.45, 2.75) is 0 Å². The Morgan fingerprint density at radius 1 is 1.40 bits per heavy atom. The second-order valence-electron chi connectivity index (χ2n) is 3.12. The molecule has 0 bridgehead atoms. The van der Waals surface area contributed by atoms with Gasteiger partial charge >= 0.3 is 0 Å². The fourth-order valence-electron chi connectivity index (χ4n) is 1.23. The average molecular weight is 264 g/mol. The Bertz CT molecular complexity index is 496. The standard InChI is InChI=1S/C11H10BrN3/c1-8(12)6-13-11-14-7-9-4-2-3-5-10(9)15-11/h2-5,7H,1,6H2,(H,13,14,15). The molecule has 4 heteroatoms. The van der Waals surface area contributed by atoms with Gasteiger partial charge in [-0.25, -0.2) is 9.97 Å². The Labute approximate surface area is 96.4 Å². The molecule has 15 heavy (non-hydrogen) atoms. The van der Waals surface area contributed by atoms with Gasteiger partial charge in [-0.2, -0.15) is 0 Å². The molecule has 0 atom stereocenters. The Hall–Kier alpha value is -1.42. The molecular weight excluding hydrogens is 254 g/mol. The first-order valence-corrected chi connectivity index (χ1v) is 5.34. The first-order chi connectivity index (χ1) is 7.25. The van der Waals surface area contributed by atoms with Gasteiger partial charge in [0.15, 0.2) is 0 Å². The van der Waals surface area contributed by atoms with Gasteiger partial charge in [0.2, 0.25) is 5.95 Å². The SMILES string of the molecule is C=C(Br)CNc1ncc2ccccc2n1. The summed E-state index contributed by atoms with van der Waals surface area (Å²) in [5.74, 6) is 0.620.